The Kier molecular flexibility index (Phi) is 8.05. The Bertz CT molecular complexity index is 535. The number of nitrogens with zero attached hydrogens (tertiary/aromatic N) is 1. The highest BCUT2D eigenvalue weighted by atomic mass is 35.5. The number of carbonyl (C=O) groups excluding carboxylic acids is 1. The summed E-state index contributed by atoms with van der Waals surface area (Å²) in [6.07, 6.45) is 0.604. The van der Waals surface area contributed by atoms with Crippen LogP contribution < -0.4 is 11.1 Å². The summed E-state index contributed by atoms with van der Waals surface area (Å²) in [6.45, 7) is 7.47. The van der Waals surface area contributed by atoms with Gasteiger partial charge in [-0.25, -0.2) is 0 Å². The van der Waals surface area contributed by atoms with Gasteiger partial charge in [-0.3, -0.25) is 14.9 Å². The number of hydrogen-bond donors (Lipinski definition) is 2. The lowest BCUT2D eigenvalue weighted by Gasteiger charge is -2.19. The van der Waals surface area contributed by atoms with Gasteiger partial charge in [0.15, 0.2) is 0 Å². The Morgan fingerprint density at radius 3 is 2.45 bits per heavy atom. The normalized spacial score (nSPS) is 13.2. The first-order valence-corrected chi connectivity index (χ1v) is 7.03. The van der Waals surface area contributed by atoms with Crippen molar-refractivity contribution in [1.29, 1.82) is 0 Å². The molecule has 1 unspecified atom stereocenters. The maximum atomic E-state index is 12.0. The van der Waals surface area contributed by atoms with E-state index in [9.17, 15) is 14.9 Å². The topological polar surface area (TPSA) is 98.3 Å². The third-order valence-electron chi connectivity index (χ3n) is 3.35. The van der Waals surface area contributed by atoms with Crippen molar-refractivity contribution < 1.29 is 9.72 Å². The summed E-state index contributed by atoms with van der Waals surface area (Å²) in [5, 5.41) is 13.7. The van der Waals surface area contributed by atoms with Gasteiger partial charge in [0.25, 0.3) is 5.69 Å². The van der Waals surface area contributed by atoms with Crippen LogP contribution in [0.25, 0.3) is 0 Å². The molecule has 0 spiro atoms. The van der Waals surface area contributed by atoms with Crippen molar-refractivity contribution in [2.24, 2.45) is 11.7 Å². The van der Waals surface area contributed by atoms with Crippen molar-refractivity contribution in [3.8, 4) is 0 Å². The van der Waals surface area contributed by atoms with Gasteiger partial charge in [-0.15, -0.1) is 12.4 Å². The standard InChI is InChI=1S/C15H23N3O3.ClH/c1-9(2)7-13(16)15(19)17-11(4)12-6-5-10(3)14(8-12)18(20)21;/h5-6,8-9,11,13H,7,16H2,1-4H3,(H,17,19);1H/t11?,13-;/m0./s1. The average Bonchev–Trinajstić information content (AvgIpc) is 2.37. The summed E-state index contributed by atoms with van der Waals surface area (Å²) in [6, 6.07) is 4.07. The van der Waals surface area contributed by atoms with Crippen LogP contribution in [0.3, 0.4) is 0 Å². The van der Waals surface area contributed by atoms with Crippen LogP contribution in [0.5, 0.6) is 0 Å². The van der Waals surface area contributed by atoms with Gasteiger partial charge in [-0.05, 0) is 31.7 Å². The molecule has 124 valence electrons. The predicted octanol–water partition coefficient (Wildman–Crippen LogP) is 2.88. The third kappa shape index (κ3) is 5.61. The average molecular weight is 330 g/mol. The van der Waals surface area contributed by atoms with Crippen molar-refractivity contribution in [3.63, 3.8) is 0 Å². The first-order valence-electron chi connectivity index (χ1n) is 7.03. The van der Waals surface area contributed by atoms with Crippen LogP contribution >= 0.6 is 12.4 Å². The van der Waals surface area contributed by atoms with Gasteiger partial charge < -0.3 is 11.1 Å². The molecule has 0 aromatic heterocycles. The van der Waals surface area contributed by atoms with E-state index in [-0.39, 0.29) is 30.0 Å². The zero-order valence-corrected chi connectivity index (χ0v) is 14.1. The lowest BCUT2D eigenvalue weighted by molar-refractivity contribution is -0.385. The fourth-order valence-electron chi connectivity index (χ4n) is 2.11. The Morgan fingerprint density at radius 1 is 1.36 bits per heavy atom. The molecule has 0 bridgehead atoms. The highest BCUT2D eigenvalue weighted by Crippen LogP contribution is 2.23. The number of carbonyl (C=O) groups is 1. The second-order valence-electron chi connectivity index (χ2n) is 5.77. The van der Waals surface area contributed by atoms with Gasteiger partial charge in [0.1, 0.15) is 0 Å². The molecular weight excluding hydrogens is 306 g/mol. The van der Waals surface area contributed by atoms with Crippen molar-refractivity contribution in [2.45, 2.75) is 46.2 Å². The minimum atomic E-state index is -0.562. The lowest BCUT2D eigenvalue weighted by Crippen LogP contribution is -2.42. The number of rotatable bonds is 6. The van der Waals surface area contributed by atoms with Crippen molar-refractivity contribution >= 4 is 24.0 Å². The molecule has 0 aliphatic heterocycles. The van der Waals surface area contributed by atoms with Crippen molar-refractivity contribution in [2.75, 3.05) is 0 Å². The third-order valence-corrected chi connectivity index (χ3v) is 3.35. The van der Waals surface area contributed by atoms with Crippen molar-refractivity contribution in [1.82, 2.24) is 5.32 Å². The predicted molar refractivity (Wildman–Crippen MR) is 89.1 cm³/mol. The van der Waals surface area contributed by atoms with Gasteiger partial charge >= 0.3 is 0 Å². The zero-order chi connectivity index (χ0) is 16.2. The second-order valence-corrected chi connectivity index (χ2v) is 5.77. The molecule has 1 amide bonds. The van der Waals surface area contributed by atoms with E-state index < -0.39 is 11.0 Å². The number of hydrogen-bond acceptors (Lipinski definition) is 4. The highest BCUT2D eigenvalue weighted by molar-refractivity contribution is 5.85. The molecule has 0 saturated heterocycles. The molecule has 1 aromatic rings. The molecule has 0 aliphatic carbocycles. The number of halogens is 1. The molecule has 0 heterocycles. The highest BCUT2D eigenvalue weighted by Gasteiger charge is 2.19. The van der Waals surface area contributed by atoms with E-state index in [1.165, 1.54) is 6.07 Å². The molecule has 22 heavy (non-hydrogen) atoms. The Morgan fingerprint density at radius 2 is 1.95 bits per heavy atom. The van der Waals surface area contributed by atoms with Gasteiger partial charge in [0.2, 0.25) is 5.91 Å². The first-order chi connectivity index (χ1) is 9.72. The van der Waals surface area contributed by atoms with Gasteiger partial charge in [0.05, 0.1) is 17.0 Å². The second kappa shape index (κ2) is 8.70. The van der Waals surface area contributed by atoms with E-state index >= 15 is 0 Å². The summed E-state index contributed by atoms with van der Waals surface area (Å²) >= 11 is 0. The Balaban J connectivity index is 0.00000441. The summed E-state index contributed by atoms with van der Waals surface area (Å²) in [5.74, 6) is 0.0981. The molecule has 3 N–H and O–H groups in total. The quantitative estimate of drug-likeness (QED) is 0.619. The molecule has 7 heteroatoms. The van der Waals surface area contributed by atoms with Gasteiger partial charge in [-0.2, -0.15) is 0 Å². The maximum absolute atomic E-state index is 12.0. The number of nitro groups is 1. The van der Waals surface area contributed by atoms with Gasteiger partial charge in [0, 0.05) is 11.6 Å². The van der Waals surface area contributed by atoms with E-state index in [1.807, 2.05) is 13.8 Å². The molecule has 6 nitrogen and oxygen atoms in total. The van der Waals surface area contributed by atoms with Crippen LogP contribution in [0.4, 0.5) is 5.69 Å². The van der Waals surface area contributed by atoms with Crippen molar-refractivity contribution in [3.05, 3.63) is 39.4 Å². The number of aryl methyl sites for hydroxylation is 1. The summed E-state index contributed by atoms with van der Waals surface area (Å²) in [5.41, 5.74) is 7.17. The SMILES string of the molecule is Cc1ccc(C(C)NC(=O)[C@@H](N)CC(C)C)cc1[N+](=O)[O-].Cl. The summed E-state index contributed by atoms with van der Waals surface area (Å²) in [7, 11) is 0. The largest absolute Gasteiger partial charge is 0.348 e. The molecule has 1 aromatic carbocycles. The Labute approximate surface area is 137 Å². The number of benzene rings is 1. The van der Waals surface area contributed by atoms with Crippen LogP contribution in [-0.4, -0.2) is 16.9 Å². The van der Waals surface area contributed by atoms with E-state index in [0.717, 1.165) is 0 Å². The molecular formula is C15H24ClN3O3. The molecule has 0 fully saturated rings. The lowest BCUT2D eigenvalue weighted by atomic mass is 10.0. The number of nitrogens with one attached hydrogen (secondary N) is 1. The fourth-order valence-corrected chi connectivity index (χ4v) is 2.11. The Hall–Kier alpha value is -1.66. The van der Waals surface area contributed by atoms with Crippen LogP contribution in [0.15, 0.2) is 18.2 Å². The molecule has 1 rings (SSSR count). The van der Waals surface area contributed by atoms with E-state index in [0.29, 0.717) is 23.5 Å². The summed E-state index contributed by atoms with van der Waals surface area (Å²) in [4.78, 5) is 22.5. The smallest absolute Gasteiger partial charge is 0.272 e. The number of amides is 1. The van der Waals surface area contributed by atoms with E-state index in [4.69, 9.17) is 5.73 Å². The molecule has 2 atom stereocenters. The number of nitro benzene ring substituents is 1. The molecule has 0 saturated carbocycles. The summed E-state index contributed by atoms with van der Waals surface area (Å²) < 4.78 is 0. The minimum Gasteiger partial charge on any atom is -0.348 e. The minimum absolute atomic E-state index is 0. The molecule has 0 aliphatic rings. The number of nitrogens with two attached hydrogens (primary N) is 1. The maximum Gasteiger partial charge on any atom is 0.272 e. The van der Waals surface area contributed by atoms with Crippen LogP contribution in [0, 0.1) is 23.0 Å². The van der Waals surface area contributed by atoms with E-state index in [1.54, 1.807) is 26.0 Å². The zero-order valence-electron chi connectivity index (χ0n) is 13.3. The van der Waals surface area contributed by atoms with Gasteiger partial charge in [-0.1, -0.05) is 26.0 Å². The van der Waals surface area contributed by atoms with Crippen LogP contribution in [-0.2, 0) is 4.79 Å². The fraction of sp³-hybridized carbons (Fsp3) is 0.533. The van der Waals surface area contributed by atoms with E-state index in [2.05, 4.69) is 5.32 Å². The monoisotopic (exact) mass is 329 g/mol. The first kappa shape index (κ1) is 20.3. The van der Waals surface area contributed by atoms with Crippen LogP contribution in [0.1, 0.15) is 44.4 Å². The van der Waals surface area contributed by atoms with Crippen LogP contribution in [0.2, 0.25) is 0 Å². The molecule has 0 radical (unpaired) electrons.